The molecule has 0 spiro atoms. The highest BCUT2D eigenvalue weighted by atomic mass is 35.5. The van der Waals surface area contributed by atoms with E-state index in [1.807, 2.05) is 30.3 Å². The number of benzene rings is 2. The summed E-state index contributed by atoms with van der Waals surface area (Å²) in [4.78, 5) is 0. The maximum Gasteiger partial charge on any atom is 0.0548 e. The van der Waals surface area contributed by atoms with Gasteiger partial charge in [-0.3, -0.25) is 0 Å². The van der Waals surface area contributed by atoms with Gasteiger partial charge in [0.1, 0.15) is 0 Å². The molecule has 0 amide bonds. The smallest absolute Gasteiger partial charge is 0.0548 e. The van der Waals surface area contributed by atoms with Crippen LogP contribution in [0.5, 0.6) is 0 Å². The van der Waals surface area contributed by atoms with Gasteiger partial charge >= 0.3 is 0 Å². The highest BCUT2D eigenvalue weighted by Gasteiger charge is 2.09. The fraction of sp³-hybridized carbons (Fsp3) is 0.176. The number of aryl methyl sites for hydroxylation is 1. The number of hydrogen-bond acceptors (Lipinski definition) is 1. The molecule has 1 atom stereocenters. The van der Waals surface area contributed by atoms with E-state index in [0.717, 1.165) is 17.1 Å². The van der Waals surface area contributed by atoms with E-state index in [0.29, 0.717) is 0 Å². The van der Waals surface area contributed by atoms with E-state index in [1.165, 1.54) is 11.1 Å². The molecule has 0 aliphatic carbocycles. The zero-order valence-electron chi connectivity index (χ0n) is 11.1. The van der Waals surface area contributed by atoms with E-state index < -0.39 is 0 Å². The van der Waals surface area contributed by atoms with Gasteiger partial charge in [0.05, 0.1) is 6.04 Å². The van der Waals surface area contributed by atoms with E-state index >= 15 is 0 Å². The summed E-state index contributed by atoms with van der Waals surface area (Å²) >= 11 is 5.90. The quantitative estimate of drug-likeness (QED) is 0.720. The molecular weight excluding hydrogens is 254 g/mol. The lowest BCUT2D eigenvalue weighted by Crippen LogP contribution is -2.09. The molecule has 0 aromatic heterocycles. The molecule has 1 unspecified atom stereocenters. The summed E-state index contributed by atoms with van der Waals surface area (Å²) in [7, 11) is 0. The molecule has 2 heteroatoms. The molecule has 98 valence electrons. The molecule has 0 heterocycles. The van der Waals surface area contributed by atoms with Gasteiger partial charge in [-0.05, 0) is 43.2 Å². The maximum atomic E-state index is 5.90. The van der Waals surface area contributed by atoms with Crippen LogP contribution < -0.4 is 5.32 Å². The minimum Gasteiger partial charge on any atom is -0.378 e. The van der Waals surface area contributed by atoms with E-state index in [9.17, 15) is 0 Å². The number of anilines is 1. The van der Waals surface area contributed by atoms with Crippen molar-refractivity contribution in [3.05, 3.63) is 77.3 Å². The number of nitrogens with one attached hydrogen (secondary N) is 1. The SMILES string of the molecule is C=CCC(Nc1ccc(Cl)cc1)c1ccc(C)cc1. The van der Waals surface area contributed by atoms with Crippen molar-refractivity contribution in [3.63, 3.8) is 0 Å². The average Bonchev–Trinajstić information content (AvgIpc) is 2.42. The molecule has 19 heavy (non-hydrogen) atoms. The van der Waals surface area contributed by atoms with Gasteiger partial charge in [0, 0.05) is 10.7 Å². The molecule has 0 aliphatic rings. The normalized spacial score (nSPS) is 11.9. The lowest BCUT2D eigenvalue weighted by molar-refractivity contribution is 0.798. The fourth-order valence-corrected chi connectivity index (χ4v) is 2.12. The molecule has 2 rings (SSSR count). The molecule has 0 fully saturated rings. The van der Waals surface area contributed by atoms with Crippen LogP contribution in [-0.4, -0.2) is 0 Å². The summed E-state index contributed by atoms with van der Waals surface area (Å²) in [5.74, 6) is 0. The van der Waals surface area contributed by atoms with Crippen molar-refractivity contribution in [2.75, 3.05) is 5.32 Å². The van der Waals surface area contributed by atoms with Crippen molar-refractivity contribution >= 4 is 17.3 Å². The van der Waals surface area contributed by atoms with Crippen molar-refractivity contribution in [2.24, 2.45) is 0 Å². The largest absolute Gasteiger partial charge is 0.378 e. The van der Waals surface area contributed by atoms with E-state index in [2.05, 4.69) is 43.1 Å². The van der Waals surface area contributed by atoms with E-state index in [1.54, 1.807) is 0 Å². The third-order valence-electron chi connectivity index (χ3n) is 3.07. The van der Waals surface area contributed by atoms with Crippen LogP contribution in [0.2, 0.25) is 5.02 Å². The Balaban J connectivity index is 2.18. The third kappa shape index (κ3) is 3.87. The first-order chi connectivity index (χ1) is 9.19. The van der Waals surface area contributed by atoms with Gasteiger partial charge in [-0.15, -0.1) is 6.58 Å². The Morgan fingerprint density at radius 2 is 1.74 bits per heavy atom. The third-order valence-corrected chi connectivity index (χ3v) is 3.32. The van der Waals surface area contributed by atoms with Gasteiger partial charge in [-0.1, -0.05) is 47.5 Å². The zero-order valence-corrected chi connectivity index (χ0v) is 11.8. The molecule has 0 radical (unpaired) electrons. The minimum absolute atomic E-state index is 0.235. The van der Waals surface area contributed by atoms with Gasteiger partial charge in [-0.25, -0.2) is 0 Å². The zero-order chi connectivity index (χ0) is 13.7. The summed E-state index contributed by atoms with van der Waals surface area (Å²) in [6.45, 7) is 5.93. The second-order valence-electron chi connectivity index (χ2n) is 4.64. The molecule has 0 bridgehead atoms. The van der Waals surface area contributed by atoms with Crippen molar-refractivity contribution in [3.8, 4) is 0 Å². The van der Waals surface area contributed by atoms with Crippen LogP contribution in [0.25, 0.3) is 0 Å². The second-order valence-corrected chi connectivity index (χ2v) is 5.08. The monoisotopic (exact) mass is 271 g/mol. The predicted octanol–water partition coefficient (Wildman–Crippen LogP) is 5.38. The fourth-order valence-electron chi connectivity index (χ4n) is 1.99. The summed E-state index contributed by atoms with van der Waals surface area (Å²) < 4.78 is 0. The van der Waals surface area contributed by atoms with Crippen molar-refractivity contribution in [1.29, 1.82) is 0 Å². The molecular formula is C17H18ClN. The molecule has 0 saturated carbocycles. The van der Waals surface area contributed by atoms with Gasteiger partial charge in [0.25, 0.3) is 0 Å². The second kappa shape index (κ2) is 6.44. The van der Waals surface area contributed by atoms with Gasteiger partial charge in [0.15, 0.2) is 0 Å². The highest BCUT2D eigenvalue weighted by molar-refractivity contribution is 6.30. The van der Waals surface area contributed by atoms with Gasteiger partial charge < -0.3 is 5.32 Å². The average molecular weight is 272 g/mol. The van der Waals surface area contributed by atoms with Gasteiger partial charge in [0.2, 0.25) is 0 Å². The topological polar surface area (TPSA) is 12.0 Å². The Kier molecular flexibility index (Phi) is 4.64. The summed E-state index contributed by atoms with van der Waals surface area (Å²) in [5, 5.41) is 4.26. The van der Waals surface area contributed by atoms with Gasteiger partial charge in [-0.2, -0.15) is 0 Å². The van der Waals surface area contributed by atoms with Crippen molar-refractivity contribution in [2.45, 2.75) is 19.4 Å². The Morgan fingerprint density at radius 3 is 2.32 bits per heavy atom. The highest BCUT2D eigenvalue weighted by Crippen LogP contribution is 2.24. The number of hydrogen-bond donors (Lipinski definition) is 1. The minimum atomic E-state index is 0.235. The first-order valence-corrected chi connectivity index (χ1v) is 6.76. The molecule has 1 N–H and O–H groups in total. The Hall–Kier alpha value is -1.73. The van der Waals surface area contributed by atoms with Crippen LogP contribution in [0.1, 0.15) is 23.6 Å². The first-order valence-electron chi connectivity index (χ1n) is 6.38. The van der Waals surface area contributed by atoms with E-state index in [-0.39, 0.29) is 6.04 Å². The van der Waals surface area contributed by atoms with Crippen molar-refractivity contribution < 1.29 is 0 Å². The molecule has 1 nitrogen and oxygen atoms in total. The summed E-state index contributed by atoms with van der Waals surface area (Å²) in [6.07, 6.45) is 2.82. The summed E-state index contributed by atoms with van der Waals surface area (Å²) in [5.41, 5.74) is 3.60. The number of halogens is 1. The van der Waals surface area contributed by atoms with Crippen molar-refractivity contribution in [1.82, 2.24) is 0 Å². The molecule has 2 aromatic rings. The number of rotatable bonds is 5. The summed E-state index contributed by atoms with van der Waals surface area (Å²) in [6, 6.07) is 16.6. The van der Waals surface area contributed by atoms with E-state index in [4.69, 9.17) is 11.6 Å². The Bertz CT molecular complexity index is 528. The van der Waals surface area contributed by atoms with Crippen LogP contribution in [0.4, 0.5) is 5.69 Å². The van der Waals surface area contributed by atoms with Crippen LogP contribution in [0, 0.1) is 6.92 Å². The standard InChI is InChI=1S/C17H18ClN/c1-3-4-17(14-7-5-13(2)6-8-14)19-16-11-9-15(18)10-12-16/h3,5-12,17,19H,1,4H2,2H3. The maximum absolute atomic E-state index is 5.90. The lowest BCUT2D eigenvalue weighted by atomic mass is 10.0. The van der Waals surface area contributed by atoms with Crippen LogP contribution in [-0.2, 0) is 0 Å². The molecule has 0 aliphatic heterocycles. The molecule has 0 saturated heterocycles. The van der Waals surface area contributed by atoms with Crippen LogP contribution >= 0.6 is 11.6 Å². The van der Waals surface area contributed by atoms with Crippen LogP contribution in [0.15, 0.2) is 61.2 Å². The first kappa shape index (κ1) is 13.7. The predicted molar refractivity (Wildman–Crippen MR) is 83.8 cm³/mol. The Morgan fingerprint density at radius 1 is 1.11 bits per heavy atom. The lowest BCUT2D eigenvalue weighted by Gasteiger charge is -2.19. The molecule has 2 aromatic carbocycles. The van der Waals surface area contributed by atoms with Crippen LogP contribution in [0.3, 0.4) is 0 Å². The Labute approximate surface area is 119 Å².